The summed E-state index contributed by atoms with van der Waals surface area (Å²) in [7, 11) is 0. The highest BCUT2D eigenvalue weighted by Gasteiger charge is 2.43. The fourth-order valence-corrected chi connectivity index (χ4v) is 2.50. The van der Waals surface area contributed by atoms with Crippen LogP contribution in [0.2, 0.25) is 0 Å². The molecule has 0 bridgehead atoms. The predicted octanol–water partition coefficient (Wildman–Crippen LogP) is 3.08. The van der Waals surface area contributed by atoms with E-state index >= 15 is 0 Å². The predicted molar refractivity (Wildman–Crippen MR) is 89.5 cm³/mol. The molecule has 25 heavy (non-hydrogen) atoms. The lowest BCUT2D eigenvalue weighted by atomic mass is 10.1. The Bertz CT molecular complexity index is 804. The molecule has 1 heterocycles. The number of nitrogens with one attached hydrogen (secondary N) is 1. The Morgan fingerprint density at radius 1 is 1.32 bits per heavy atom. The molecule has 8 heteroatoms. The third kappa shape index (κ3) is 4.23. The summed E-state index contributed by atoms with van der Waals surface area (Å²) in [4.78, 5) is 25.2. The minimum absolute atomic E-state index is 0.0144. The smallest absolute Gasteiger partial charge is 0.404 e. The minimum atomic E-state index is -1.04. The first-order chi connectivity index (χ1) is 12.0. The van der Waals surface area contributed by atoms with Gasteiger partial charge in [-0.1, -0.05) is 12.1 Å². The number of nitro benzene ring substituents is 1. The molecule has 1 amide bonds. The number of benzene rings is 1. The Hall–Kier alpha value is -3.16. The van der Waals surface area contributed by atoms with Crippen LogP contribution in [0.4, 0.5) is 10.5 Å². The molecule has 0 saturated heterocycles. The molecule has 8 nitrogen and oxygen atoms in total. The first kappa shape index (κ1) is 16.7. The first-order valence-electron chi connectivity index (χ1n) is 7.77. The molecule has 1 fully saturated rings. The highest BCUT2D eigenvalue weighted by Crippen LogP contribution is 2.45. The molecule has 0 atom stereocenters. The van der Waals surface area contributed by atoms with Gasteiger partial charge in [0.25, 0.3) is 5.69 Å². The van der Waals surface area contributed by atoms with Gasteiger partial charge in [0, 0.05) is 35.9 Å². The van der Waals surface area contributed by atoms with Gasteiger partial charge in [-0.2, -0.15) is 0 Å². The lowest BCUT2D eigenvalue weighted by Crippen LogP contribution is -2.31. The van der Waals surface area contributed by atoms with Crippen LogP contribution in [0.1, 0.15) is 12.8 Å². The molecule has 1 aliphatic rings. The number of hydrogen-bond donors (Lipinski definition) is 2. The van der Waals surface area contributed by atoms with Crippen LogP contribution in [-0.4, -0.2) is 34.3 Å². The minimum Gasteiger partial charge on any atom is -0.491 e. The molecule has 1 aromatic heterocycles. The van der Waals surface area contributed by atoms with E-state index in [1.165, 1.54) is 12.1 Å². The maximum absolute atomic E-state index is 10.9. The topological polar surface area (TPSA) is 115 Å². The number of aromatic nitrogens is 1. The summed E-state index contributed by atoms with van der Waals surface area (Å²) in [5.74, 6) is 0.547. The standard InChI is InChI=1S/C17H17N3O5/c21-16(22)19-10-17(4-5-17)11-25-15-7-13(8-18-9-15)12-2-1-3-14(6-12)20(23)24/h1-3,6-9,19H,4-5,10-11H2,(H,21,22). The normalized spacial score (nSPS) is 14.6. The maximum Gasteiger partial charge on any atom is 0.404 e. The quantitative estimate of drug-likeness (QED) is 0.590. The maximum atomic E-state index is 10.9. The molecule has 130 valence electrons. The molecule has 0 aliphatic heterocycles. The van der Waals surface area contributed by atoms with Crippen LogP contribution in [-0.2, 0) is 0 Å². The van der Waals surface area contributed by atoms with Crippen LogP contribution in [0, 0.1) is 15.5 Å². The highest BCUT2D eigenvalue weighted by molar-refractivity contribution is 5.66. The third-order valence-corrected chi connectivity index (χ3v) is 4.22. The number of pyridine rings is 1. The van der Waals surface area contributed by atoms with Crippen LogP contribution in [0.15, 0.2) is 42.7 Å². The number of rotatable bonds is 7. The Kier molecular flexibility index (Phi) is 4.51. The average molecular weight is 343 g/mol. The van der Waals surface area contributed by atoms with E-state index in [1.54, 1.807) is 30.6 Å². The Morgan fingerprint density at radius 2 is 2.12 bits per heavy atom. The number of carboxylic acid groups (broad SMARTS) is 1. The van der Waals surface area contributed by atoms with Crippen LogP contribution < -0.4 is 10.1 Å². The van der Waals surface area contributed by atoms with Crippen LogP contribution >= 0.6 is 0 Å². The second-order valence-electron chi connectivity index (χ2n) is 6.16. The SMILES string of the molecule is O=C(O)NCC1(COc2cncc(-c3cccc([N+](=O)[O-])c3)c2)CC1. The van der Waals surface area contributed by atoms with Gasteiger partial charge in [-0.05, 0) is 24.5 Å². The van der Waals surface area contributed by atoms with E-state index in [9.17, 15) is 14.9 Å². The Morgan fingerprint density at radius 3 is 2.80 bits per heavy atom. The summed E-state index contributed by atoms with van der Waals surface area (Å²) >= 11 is 0. The first-order valence-corrected chi connectivity index (χ1v) is 7.77. The van der Waals surface area contributed by atoms with E-state index in [2.05, 4.69) is 10.3 Å². The third-order valence-electron chi connectivity index (χ3n) is 4.22. The van der Waals surface area contributed by atoms with Crippen molar-refractivity contribution < 1.29 is 19.6 Å². The molecular formula is C17H17N3O5. The fourth-order valence-electron chi connectivity index (χ4n) is 2.50. The van der Waals surface area contributed by atoms with E-state index in [-0.39, 0.29) is 11.1 Å². The zero-order valence-electron chi connectivity index (χ0n) is 13.3. The van der Waals surface area contributed by atoms with Gasteiger partial charge in [0.1, 0.15) is 5.75 Å². The van der Waals surface area contributed by atoms with Crippen molar-refractivity contribution in [2.24, 2.45) is 5.41 Å². The Balaban J connectivity index is 1.69. The van der Waals surface area contributed by atoms with Crippen molar-refractivity contribution in [2.75, 3.05) is 13.2 Å². The van der Waals surface area contributed by atoms with Crippen molar-refractivity contribution >= 4 is 11.8 Å². The monoisotopic (exact) mass is 343 g/mol. The summed E-state index contributed by atoms with van der Waals surface area (Å²) in [6.45, 7) is 0.758. The van der Waals surface area contributed by atoms with Gasteiger partial charge in [0.05, 0.1) is 17.7 Å². The van der Waals surface area contributed by atoms with E-state index in [0.29, 0.717) is 24.5 Å². The zero-order chi connectivity index (χ0) is 17.9. The molecule has 2 N–H and O–H groups in total. The van der Waals surface area contributed by atoms with E-state index in [1.807, 2.05) is 0 Å². The summed E-state index contributed by atoms with van der Waals surface area (Å²) in [6, 6.07) is 8.08. The summed E-state index contributed by atoms with van der Waals surface area (Å²) < 4.78 is 5.78. The molecule has 0 radical (unpaired) electrons. The lowest BCUT2D eigenvalue weighted by Gasteiger charge is -2.16. The largest absolute Gasteiger partial charge is 0.491 e. The number of ether oxygens (including phenoxy) is 1. The molecule has 0 spiro atoms. The molecule has 1 aromatic carbocycles. The van der Waals surface area contributed by atoms with Crippen molar-refractivity contribution in [1.29, 1.82) is 0 Å². The van der Waals surface area contributed by atoms with E-state index in [0.717, 1.165) is 18.4 Å². The average Bonchev–Trinajstić information content (AvgIpc) is 3.39. The van der Waals surface area contributed by atoms with Gasteiger partial charge < -0.3 is 15.2 Å². The molecule has 2 aromatic rings. The molecule has 1 aliphatic carbocycles. The summed E-state index contributed by atoms with van der Waals surface area (Å²) in [5, 5.41) is 22.0. The van der Waals surface area contributed by atoms with E-state index in [4.69, 9.17) is 9.84 Å². The summed E-state index contributed by atoms with van der Waals surface area (Å²) in [6.07, 6.45) is 3.96. The second-order valence-corrected chi connectivity index (χ2v) is 6.16. The van der Waals surface area contributed by atoms with Crippen molar-refractivity contribution in [2.45, 2.75) is 12.8 Å². The number of carbonyl (C=O) groups is 1. The second kappa shape index (κ2) is 6.76. The van der Waals surface area contributed by atoms with Crippen LogP contribution in [0.5, 0.6) is 5.75 Å². The highest BCUT2D eigenvalue weighted by atomic mass is 16.6. The van der Waals surface area contributed by atoms with Gasteiger partial charge in [-0.25, -0.2) is 4.79 Å². The molecule has 1 saturated carbocycles. The number of nitrogens with zero attached hydrogens (tertiary/aromatic N) is 2. The van der Waals surface area contributed by atoms with Crippen molar-refractivity contribution in [3.8, 4) is 16.9 Å². The van der Waals surface area contributed by atoms with Gasteiger partial charge in [0.15, 0.2) is 0 Å². The molecule has 3 rings (SSSR count). The van der Waals surface area contributed by atoms with Crippen molar-refractivity contribution in [3.05, 3.63) is 52.8 Å². The fraction of sp³-hybridized carbons (Fsp3) is 0.294. The zero-order valence-corrected chi connectivity index (χ0v) is 13.3. The number of hydrogen-bond acceptors (Lipinski definition) is 5. The number of non-ortho nitro benzene ring substituents is 1. The number of nitro groups is 1. The summed E-state index contributed by atoms with van der Waals surface area (Å²) in [5.41, 5.74) is 1.26. The van der Waals surface area contributed by atoms with Gasteiger partial charge in [-0.15, -0.1) is 0 Å². The Labute approximate surface area is 143 Å². The lowest BCUT2D eigenvalue weighted by molar-refractivity contribution is -0.384. The van der Waals surface area contributed by atoms with Gasteiger partial charge in [-0.3, -0.25) is 15.1 Å². The van der Waals surface area contributed by atoms with E-state index < -0.39 is 11.0 Å². The van der Waals surface area contributed by atoms with Gasteiger partial charge >= 0.3 is 6.09 Å². The van der Waals surface area contributed by atoms with Crippen LogP contribution in [0.3, 0.4) is 0 Å². The van der Waals surface area contributed by atoms with Gasteiger partial charge in [0.2, 0.25) is 0 Å². The van der Waals surface area contributed by atoms with Crippen molar-refractivity contribution in [1.82, 2.24) is 10.3 Å². The number of amides is 1. The molecule has 0 unspecified atom stereocenters. The van der Waals surface area contributed by atoms with Crippen LogP contribution in [0.25, 0.3) is 11.1 Å². The van der Waals surface area contributed by atoms with Crippen molar-refractivity contribution in [3.63, 3.8) is 0 Å². The molecular weight excluding hydrogens is 326 g/mol.